The molecule has 0 saturated carbocycles. The summed E-state index contributed by atoms with van der Waals surface area (Å²) in [5.41, 5.74) is 4.47. The number of benzene rings is 2. The van der Waals surface area contributed by atoms with Gasteiger partial charge in [-0.05, 0) is 74.5 Å². The highest BCUT2D eigenvalue weighted by Gasteiger charge is 2.27. The zero-order chi connectivity index (χ0) is 32.2. The molecule has 9 heteroatoms. The lowest BCUT2D eigenvalue weighted by molar-refractivity contribution is 0.110. The topological polar surface area (TPSA) is 38.3 Å². The van der Waals surface area contributed by atoms with Crippen molar-refractivity contribution in [3.05, 3.63) is 59.9 Å². The molecule has 2 aromatic carbocycles. The summed E-state index contributed by atoms with van der Waals surface area (Å²) in [6, 6.07) is 9.15. The summed E-state index contributed by atoms with van der Waals surface area (Å²) >= 11 is 0. The van der Waals surface area contributed by atoms with Gasteiger partial charge in [0.05, 0.1) is 5.69 Å². The first-order valence-corrected chi connectivity index (χ1v) is 17.2. The first-order chi connectivity index (χ1) is 22.3. The van der Waals surface area contributed by atoms with Gasteiger partial charge in [0.15, 0.2) is 0 Å². The van der Waals surface area contributed by atoms with Gasteiger partial charge in [-0.25, -0.2) is 4.99 Å². The minimum absolute atomic E-state index is 0.998. The third-order valence-electron chi connectivity index (χ3n) is 10.4. The fourth-order valence-corrected chi connectivity index (χ4v) is 7.06. The van der Waals surface area contributed by atoms with Crippen LogP contribution in [0.2, 0.25) is 0 Å². The van der Waals surface area contributed by atoms with E-state index in [2.05, 4.69) is 111 Å². The van der Waals surface area contributed by atoms with Crippen molar-refractivity contribution in [2.24, 2.45) is 4.99 Å². The molecule has 0 atom stereocenters. The summed E-state index contributed by atoms with van der Waals surface area (Å²) in [4.78, 5) is 25.5. The predicted octanol–water partition coefficient (Wildman–Crippen LogP) is 3.40. The van der Waals surface area contributed by atoms with Gasteiger partial charge in [-0.2, -0.15) is 0 Å². The zero-order valence-corrected chi connectivity index (χ0v) is 28.8. The molecule has 0 bridgehead atoms. The van der Waals surface area contributed by atoms with Crippen LogP contribution in [0.25, 0.3) is 29.0 Å². The Bertz CT molecular complexity index is 1280. The zero-order valence-electron chi connectivity index (χ0n) is 28.8. The van der Waals surface area contributed by atoms with Gasteiger partial charge in [-0.3, -0.25) is 0 Å². The van der Waals surface area contributed by atoms with Crippen LogP contribution >= 0.6 is 0 Å². The summed E-state index contributed by atoms with van der Waals surface area (Å²) in [6.45, 7) is 25.1. The van der Waals surface area contributed by atoms with E-state index in [1.54, 1.807) is 0 Å². The van der Waals surface area contributed by atoms with Gasteiger partial charge in [0.25, 0.3) is 0 Å². The Morgan fingerprint density at radius 1 is 0.522 bits per heavy atom. The summed E-state index contributed by atoms with van der Waals surface area (Å²) in [6.07, 6.45) is 6.37. The first kappa shape index (κ1) is 32.6. The number of likely N-dealkylation sites (N-methyl/N-ethyl adjacent to an activating group) is 4. The van der Waals surface area contributed by atoms with Gasteiger partial charge in [-0.1, -0.05) is 31.4 Å². The molecule has 0 radical (unpaired) electrons. The van der Waals surface area contributed by atoms with E-state index < -0.39 is 0 Å². The van der Waals surface area contributed by atoms with Gasteiger partial charge >= 0.3 is 0 Å². The van der Waals surface area contributed by atoms with Crippen molar-refractivity contribution in [3.8, 4) is 0 Å². The quantitative estimate of drug-likeness (QED) is 0.358. The third kappa shape index (κ3) is 7.28. The minimum Gasteiger partial charge on any atom is -0.356 e. The SMILES string of the molecule is C=Cc1cc2c(C=C(N3CCN(C)CC3)N3CCN(C)CC3)ccc(N=C(N3CCN(C)CC3)N3CCN(C)CC3)c2cc1C=C. The van der Waals surface area contributed by atoms with E-state index in [0.29, 0.717) is 0 Å². The second-order valence-corrected chi connectivity index (χ2v) is 13.7. The fourth-order valence-electron chi connectivity index (χ4n) is 7.06. The van der Waals surface area contributed by atoms with Crippen LogP contribution in [0, 0.1) is 0 Å². The molecule has 0 unspecified atom stereocenters. The molecule has 9 nitrogen and oxygen atoms in total. The Kier molecular flexibility index (Phi) is 10.3. The molecule has 4 heterocycles. The number of nitrogens with zero attached hydrogens (tertiary/aromatic N) is 9. The summed E-state index contributed by atoms with van der Waals surface area (Å²) in [7, 11) is 8.90. The van der Waals surface area contributed by atoms with Crippen LogP contribution in [0.4, 0.5) is 5.69 Å². The first-order valence-electron chi connectivity index (χ1n) is 17.2. The molecule has 0 aliphatic carbocycles. The van der Waals surface area contributed by atoms with Crippen molar-refractivity contribution in [1.82, 2.24) is 39.2 Å². The van der Waals surface area contributed by atoms with Gasteiger partial charge in [-0.15, -0.1) is 0 Å². The maximum Gasteiger partial charge on any atom is 0.202 e. The summed E-state index contributed by atoms with van der Waals surface area (Å²) in [5, 5.41) is 2.39. The maximum atomic E-state index is 5.55. The van der Waals surface area contributed by atoms with E-state index in [9.17, 15) is 0 Å². The second-order valence-electron chi connectivity index (χ2n) is 13.7. The Morgan fingerprint density at radius 2 is 0.913 bits per heavy atom. The molecule has 0 N–H and O–H groups in total. The number of fused-ring (bicyclic) bond motifs is 1. The molecule has 0 amide bonds. The molecule has 4 fully saturated rings. The Hall–Kier alpha value is -3.37. The molecule has 0 aromatic heterocycles. The van der Waals surface area contributed by atoms with Crippen molar-refractivity contribution in [2.45, 2.75) is 0 Å². The van der Waals surface area contributed by atoms with E-state index in [1.165, 1.54) is 22.2 Å². The van der Waals surface area contributed by atoms with Crippen molar-refractivity contribution in [2.75, 3.05) is 133 Å². The Balaban J connectivity index is 1.47. The van der Waals surface area contributed by atoms with Gasteiger partial charge in [0.1, 0.15) is 5.82 Å². The van der Waals surface area contributed by atoms with Crippen LogP contribution in [0.5, 0.6) is 0 Å². The average Bonchev–Trinajstić information content (AvgIpc) is 3.08. The van der Waals surface area contributed by atoms with Crippen LogP contribution < -0.4 is 0 Å². The van der Waals surface area contributed by atoms with Gasteiger partial charge in [0.2, 0.25) is 5.96 Å². The summed E-state index contributed by atoms with van der Waals surface area (Å²) in [5.74, 6) is 2.47. The smallest absolute Gasteiger partial charge is 0.202 e. The highest BCUT2D eigenvalue weighted by molar-refractivity contribution is 6.02. The molecule has 248 valence electrons. The van der Waals surface area contributed by atoms with E-state index in [-0.39, 0.29) is 0 Å². The fraction of sp³-hybridized carbons (Fsp3) is 0.541. The number of piperazine rings is 4. The Labute approximate surface area is 277 Å². The van der Waals surface area contributed by atoms with Gasteiger partial charge < -0.3 is 39.2 Å². The monoisotopic (exact) mass is 625 g/mol. The standard InChI is InChI=1S/C37H55N9/c1-7-30-27-33-32(29-36(43-19-11-39(3)12-20-43)44-21-13-40(4)14-22-44)9-10-35(34(33)28-31(30)8-2)38-37(45-23-15-41(5)16-24-45)46-25-17-42(6)18-26-46/h7-10,27-29H,1-2,11-26H2,3-6H3. The molecule has 4 saturated heterocycles. The van der Waals surface area contributed by atoms with Crippen LogP contribution in [0.1, 0.15) is 16.7 Å². The molecular formula is C37H55N9. The number of hydrogen-bond donors (Lipinski definition) is 0. The van der Waals surface area contributed by atoms with Crippen molar-refractivity contribution in [3.63, 3.8) is 0 Å². The number of guanidine groups is 1. The van der Waals surface area contributed by atoms with Crippen LogP contribution in [-0.2, 0) is 0 Å². The second kappa shape index (κ2) is 14.6. The highest BCUT2D eigenvalue weighted by atomic mass is 15.4. The van der Waals surface area contributed by atoms with Gasteiger partial charge in [0, 0.05) is 110 Å². The maximum absolute atomic E-state index is 5.55. The molecule has 46 heavy (non-hydrogen) atoms. The molecule has 4 aliphatic heterocycles. The normalized spacial score (nSPS) is 21.0. The highest BCUT2D eigenvalue weighted by Crippen LogP contribution is 2.35. The number of hydrogen-bond acceptors (Lipinski definition) is 7. The summed E-state index contributed by atoms with van der Waals surface area (Å²) < 4.78 is 0. The predicted molar refractivity (Wildman–Crippen MR) is 195 cm³/mol. The molecule has 6 rings (SSSR count). The average molecular weight is 626 g/mol. The molecule has 2 aromatic rings. The molecule has 0 spiro atoms. The largest absolute Gasteiger partial charge is 0.356 e. The van der Waals surface area contributed by atoms with Crippen molar-refractivity contribution < 1.29 is 0 Å². The van der Waals surface area contributed by atoms with Crippen LogP contribution in [0.15, 0.2) is 48.2 Å². The lowest BCUT2D eigenvalue weighted by atomic mass is 9.96. The van der Waals surface area contributed by atoms with E-state index >= 15 is 0 Å². The van der Waals surface area contributed by atoms with Crippen LogP contribution in [-0.4, -0.2) is 178 Å². The number of aliphatic imine (C=N–C) groups is 1. The third-order valence-corrected chi connectivity index (χ3v) is 10.4. The van der Waals surface area contributed by atoms with Crippen molar-refractivity contribution >= 4 is 40.6 Å². The van der Waals surface area contributed by atoms with E-state index in [0.717, 1.165) is 127 Å². The van der Waals surface area contributed by atoms with E-state index in [1.807, 2.05) is 12.2 Å². The molecule has 4 aliphatic rings. The lowest BCUT2D eigenvalue weighted by Gasteiger charge is -2.43. The molecular weight excluding hydrogens is 570 g/mol. The minimum atomic E-state index is 0.998. The Morgan fingerprint density at radius 3 is 1.33 bits per heavy atom. The lowest BCUT2D eigenvalue weighted by Crippen LogP contribution is -2.56. The van der Waals surface area contributed by atoms with Crippen LogP contribution in [0.3, 0.4) is 0 Å². The van der Waals surface area contributed by atoms with E-state index in [4.69, 9.17) is 4.99 Å². The number of rotatable bonds is 6. The van der Waals surface area contributed by atoms with Crippen molar-refractivity contribution in [1.29, 1.82) is 0 Å².